The predicted octanol–water partition coefficient (Wildman–Crippen LogP) is 3.15. The quantitative estimate of drug-likeness (QED) is 0.687. The maximum Gasteiger partial charge on any atom is 0.261 e. The van der Waals surface area contributed by atoms with Crippen LogP contribution < -0.4 is 0 Å². The fourth-order valence-corrected chi connectivity index (χ4v) is 4.58. The lowest BCUT2D eigenvalue weighted by Gasteiger charge is -2.38. The number of hydrogen-bond donors (Lipinski definition) is 0. The SMILES string of the molecule is CC1=CC(C)C(C)N2C(=O)C3=C4C(C)=CC(C)C(C)N4C(=O)C3=C12. The van der Waals surface area contributed by atoms with Crippen LogP contribution in [0.3, 0.4) is 0 Å². The summed E-state index contributed by atoms with van der Waals surface area (Å²) in [6.45, 7) is 12.4. The largest absolute Gasteiger partial charge is 0.304 e. The highest BCUT2D eigenvalue weighted by molar-refractivity contribution is 6.21. The summed E-state index contributed by atoms with van der Waals surface area (Å²) in [5, 5.41) is 0. The van der Waals surface area contributed by atoms with Crippen LogP contribution in [0.2, 0.25) is 0 Å². The number of fused-ring (bicyclic) bond motifs is 3. The number of allylic oxidation sites excluding steroid dienone is 2. The Bertz CT molecular complexity index is 743. The Balaban J connectivity index is 2.00. The minimum Gasteiger partial charge on any atom is -0.304 e. The van der Waals surface area contributed by atoms with E-state index < -0.39 is 0 Å². The summed E-state index contributed by atoms with van der Waals surface area (Å²) >= 11 is 0. The van der Waals surface area contributed by atoms with E-state index in [1.165, 1.54) is 0 Å². The van der Waals surface area contributed by atoms with E-state index in [4.69, 9.17) is 0 Å². The average molecular weight is 324 g/mol. The molecule has 24 heavy (non-hydrogen) atoms. The van der Waals surface area contributed by atoms with Gasteiger partial charge >= 0.3 is 0 Å². The zero-order valence-electron chi connectivity index (χ0n) is 15.2. The Morgan fingerprint density at radius 3 is 1.38 bits per heavy atom. The summed E-state index contributed by atoms with van der Waals surface area (Å²) in [6.07, 6.45) is 4.37. The van der Waals surface area contributed by atoms with E-state index in [-0.39, 0.29) is 35.7 Å². The molecule has 4 unspecified atom stereocenters. The molecule has 4 atom stereocenters. The molecular formula is C20H24N2O2. The molecule has 0 aliphatic carbocycles. The number of hydrogen-bond acceptors (Lipinski definition) is 2. The molecule has 4 nitrogen and oxygen atoms in total. The molecular weight excluding hydrogens is 300 g/mol. The molecule has 4 aliphatic rings. The second kappa shape index (κ2) is 4.71. The third kappa shape index (κ3) is 1.64. The van der Waals surface area contributed by atoms with Crippen LogP contribution in [0.4, 0.5) is 0 Å². The summed E-state index contributed by atoms with van der Waals surface area (Å²) in [5.41, 5.74) is 4.98. The van der Waals surface area contributed by atoms with Crippen LogP contribution >= 0.6 is 0 Å². The molecule has 4 rings (SSSR count). The summed E-state index contributed by atoms with van der Waals surface area (Å²) in [7, 11) is 0. The monoisotopic (exact) mass is 324 g/mol. The molecule has 0 saturated carbocycles. The molecule has 0 fully saturated rings. The Hall–Kier alpha value is -2.10. The highest BCUT2D eigenvalue weighted by atomic mass is 16.2. The normalized spacial score (nSPS) is 35.2. The Labute approximate surface area is 143 Å². The predicted molar refractivity (Wildman–Crippen MR) is 92.5 cm³/mol. The van der Waals surface area contributed by atoms with Gasteiger partial charge in [-0.1, -0.05) is 26.0 Å². The van der Waals surface area contributed by atoms with Crippen molar-refractivity contribution in [3.63, 3.8) is 0 Å². The van der Waals surface area contributed by atoms with Gasteiger partial charge in [0.1, 0.15) is 0 Å². The summed E-state index contributed by atoms with van der Waals surface area (Å²) in [4.78, 5) is 30.2. The molecule has 0 aromatic carbocycles. The zero-order valence-corrected chi connectivity index (χ0v) is 15.2. The highest BCUT2D eigenvalue weighted by Crippen LogP contribution is 2.49. The average Bonchev–Trinajstić information content (AvgIpc) is 2.97. The van der Waals surface area contributed by atoms with Gasteiger partial charge in [-0.2, -0.15) is 0 Å². The van der Waals surface area contributed by atoms with Crippen molar-refractivity contribution < 1.29 is 9.59 Å². The van der Waals surface area contributed by atoms with Crippen molar-refractivity contribution in [2.24, 2.45) is 11.8 Å². The summed E-state index contributed by atoms with van der Waals surface area (Å²) in [5.74, 6) is 0.561. The fraction of sp³-hybridized carbons (Fsp3) is 0.500. The lowest BCUT2D eigenvalue weighted by atomic mass is 9.91. The van der Waals surface area contributed by atoms with Crippen LogP contribution in [0.1, 0.15) is 41.5 Å². The van der Waals surface area contributed by atoms with Crippen LogP contribution in [-0.4, -0.2) is 33.7 Å². The molecule has 126 valence electrons. The first-order chi connectivity index (χ1) is 11.3. The lowest BCUT2D eigenvalue weighted by Crippen LogP contribution is -2.44. The number of carbonyl (C=O) groups excluding carboxylic acids is 2. The van der Waals surface area contributed by atoms with Gasteiger partial charge in [0.05, 0.1) is 22.5 Å². The molecule has 0 radical (unpaired) electrons. The van der Waals surface area contributed by atoms with Gasteiger partial charge < -0.3 is 9.80 Å². The lowest BCUT2D eigenvalue weighted by molar-refractivity contribution is -0.126. The van der Waals surface area contributed by atoms with Crippen molar-refractivity contribution in [1.82, 2.24) is 9.80 Å². The first-order valence-corrected chi connectivity index (χ1v) is 8.79. The van der Waals surface area contributed by atoms with Gasteiger partial charge in [0, 0.05) is 12.1 Å². The van der Waals surface area contributed by atoms with Gasteiger partial charge in [0.25, 0.3) is 11.8 Å². The summed E-state index contributed by atoms with van der Waals surface area (Å²) in [6, 6.07) is 0.153. The maximum atomic E-state index is 13.2. The van der Waals surface area contributed by atoms with E-state index in [0.717, 1.165) is 22.5 Å². The second-order valence-corrected chi connectivity index (χ2v) is 7.70. The van der Waals surface area contributed by atoms with Crippen molar-refractivity contribution in [1.29, 1.82) is 0 Å². The van der Waals surface area contributed by atoms with Crippen molar-refractivity contribution in [2.45, 2.75) is 53.6 Å². The van der Waals surface area contributed by atoms with Crippen LogP contribution in [0.5, 0.6) is 0 Å². The number of carbonyl (C=O) groups is 2. The van der Waals surface area contributed by atoms with Crippen LogP contribution in [-0.2, 0) is 9.59 Å². The number of nitrogens with zero attached hydrogens (tertiary/aromatic N) is 2. The van der Waals surface area contributed by atoms with E-state index in [2.05, 4.69) is 39.8 Å². The van der Waals surface area contributed by atoms with Crippen LogP contribution in [0.15, 0.2) is 45.8 Å². The molecule has 0 saturated heterocycles. The molecule has 2 amide bonds. The van der Waals surface area contributed by atoms with Gasteiger partial charge in [-0.15, -0.1) is 0 Å². The highest BCUT2D eigenvalue weighted by Gasteiger charge is 2.53. The van der Waals surface area contributed by atoms with Gasteiger partial charge in [-0.05, 0) is 50.7 Å². The molecule has 0 N–H and O–H groups in total. The molecule has 0 aromatic heterocycles. The first-order valence-electron chi connectivity index (χ1n) is 8.79. The van der Waals surface area contributed by atoms with Crippen LogP contribution in [0.25, 0.3) is 0 Å². The van der Waals surface area contributed by atoms with E-state index in [1.54, 1.807) is 0 Å². The first kappa shape index (κ1) is 15.4. The van der Waals surface area contributed by atoms with Crippen LogP contribution in [0, 0.1) is 11.8 Å². The maximum absolute atomic E-state index is 13.2. The number of amides is 2. The Morgan fingerprint density at radius 1 is 0.708 bits per heavy atom. The zero-order chi connectivity index (χ0) is 17.5. The third-order valence-corrected chi connectivity index (χ3v) is 6.18. The standard InChI is InChI=1S/C20H24N2O2/c1-9-7-11(3)17-15-16(19(23)21(17)13(9)5)18-12(4)8-10(2)14(6)22(18)20(15)24/h7-10,13-14H,1-6H3. The summed E-state index contributed by atoms with van der Waals surface area (Å²) < 4.78 is 0. The topological polar surface area (TPSA) is 40.6 Å². The number of rotatable bonds is 0. The Morgan fingerprint density at radius 2 is 1.04 bits per heavy atom. The van der Waals surface area contributed by atoms with Gasteiger partial charge in [-0.3, -0.25) is 9.59 Å². The second-order valence-electron chi connectivity index (χ2n) is 7.70. The fourth-order valence-electron chi connectivity index (χ4n) is 4.58. The van der Waals surface area contributed by atoms with E-state index in [0.29, 0.717) is 11.1 Å². The third-order valence-electron chi connectivity index (χ3n) is 6.18. The minimum absolute atomic E-state index is 0.00727. The van der Waals surface area contributed by atoms with Crippen molar-refractivity contribution in [3.8, 4) is 0 Å². The Kier molecular flexibility index (Phi) is 3.03. The smallest absolute Gasteiger partial charge is 0.261 e. The van der Waals surface area contributed by atoms with Gasteiger partial charge in [0.2, 0.25) is 0 Å². The molecule has 0 spiro atoms. The van der Waals surface area contributed by atoms with E-state index >= 15 is 0 Å². The minimum atomic E-state index is -0.00727. The van der Waals surface area contributed by atoms with Gasteiger partial charge in [0.15, 0.2) is 0 Å². The molecule has 4 aliphatic heterocycles. The van der Waals surface area contributed by atoms with Gasteiger partial charge in [-0.25, -0.2) is 0 Å². The van der Waals surface area contributed by atoms with Crippen molar-refractivity contribution >= 4 is 11.8 Å². The van der Waals surface area contributed by atoms with E-state index in [1.807, 2.05) is 23.6 Å². The van der Waals surface area contributed by atoms with E-state index in [9.17, 15) is 9.59 Å². The molecule has 4 heterocycles. The molecule has 0 aromatic rings. The molecule has 4 heteroatoms. The van der Waals surface area contributed by atoms with Crippen molar-refractivity contribution in [2.75, 3.05) is 0 Å². The van der Waals surface area contributed by atoms with Crippen molar-refractivity contribution in [3.05, 3.63) is 45.8 Å². The molecule has 0 bridgehead atoms.